The van der Waals surface area contributed by atoms with E-state index in [0.29, 0.717) is 42.0 Å². The van der Waals surface area contributed by atoms with Crippen LogP contribution in [0.1, 0.15) is 76.5 Å². The molecule has 5 nitrogen and oxygen atoms in total. The van der Waals surface area contributed by atoms with Crippen molar-refractivity contribution >= 4 is 0 Å². The van der Waals surface area contributed by atoms with Crippen LogP contribution in [0.4, 0.5) is 13.2 Å². The van der Waals surface area contributed by atoms with E-state index in [0.717, 1.165) is 16.7 Å². The molecule has 0 spiro atoms. The Bertz CT molecular complexity index is 1220. The minimum Gasteiger partial charge on any atom is -0.493 e. The lowest BCUT2D eigenvalue weighted by molar-refractivity contribution is -0.271. The summed E-state index contributed by atoms with van der Waals surface area (Å²) < 4.78 is 50.8. The molecule has 0 saturated carbocycles. The molecule has 0 fully saturated rings. The van der Waals surface area contributed by atoms with Crippen LogP contribution in [0.2, 0.25) is 0 Å². The lowest BCUT2D eigenvalue weighted by Gasteiger charge is -2.39. The van der Waals surface area contributed by atoms with Crippen LogP contribution in [0, 0.1) is 0 Å². The minimum atomic E-state index is -4.88. The molecule has 3 heterocycles. The molecule has 0 saturated heterocycles. The molecule has 38 heavy (non-hydrogen) atoms. The van der Waals surface area contributed by atoms with Crippen molar-refractivity contribution in [1.29, 1.82) is 0 Å². The van der Waals surface area contributed by atoms with Gasteiger partial charge in [0, 0.05) is 47.4 Å². The molecule has 2 atom stereocenters. The van der Waals surface area contributed by atoms with Crippen LogP contribution < -0.4 is 4.74 Å². The van der Waals surface area contributed by atoms with Gasteiger partial charge in [-0.2, -0.15) is 13.2 Å². The van der Waals surface area contributed by atoms with Crippen LogP contribution in [-0.2, 0) is 24.8 Å². The average Bonchev–Trinajstić information content (AvgIpc) is 3.50. The first-order chi connectivity index (χ1) is 17.9. The van der Waals surface area contributed by atoms with E-state index in [9.17, 15) is 23.4 Å². The highest BCUT2D eigenvalue weighted by Gasteiger charge is 2.56. The summed E-state index contributed by atoms with van der Waals surface area (Å²) in [6, 6.07) is 9.20. The summed E-state index contributed by atoms with van der Waals surface area (Å²) in [5, 5.41) is 21.3. The highest BCUT2D eigenvalue weighted by molar-refractivity contribution is 5.68. The molecular formula is C30H39F3N2O3. The summed E-state index contributed by atoms with van der Waals surface area (Å²) in [4.78, 5) is 4.18. The Labute approximate surface area is 223 Å². The van der Waals surface area contributed by atoms with Crippen LogP contribution in [0.25, 0.3) is 11.1 Å². The molecule has 8 heteroatoms. The fourth-order valence-electron chi connectivity index (χ4n) is 5.32. The van der Waals surface area contributed by atoms with Crippen molar-refractivity contribution in [2.24, 2.45) is 0 Å². The van der Waals surface area contributed by atoms with Crippen molar-refractivity contribution in [3.05, 3.63) is 71.3 Å². The van der Waals surface area contributed by atoms with E-state index in [1.54, 1.807) is 39.2 Å². The predicted octanol–water partition coefficient (Wildman–Crippen LogP) is 6.79. The topological polar surface area (TPSA) is 67.5 Å². The van der Waals surface area contributed by atoms with Crippen molar-refractivity contribution in [1.82, 2.24) is 9.55 Å². The van der Waals surface area contributed by atoms with Gasteiger partial charge in [0.15, 0.2) is 5.60 Å². The summed E-state index contributed by atoms with van der Waals surface area (Å²) in [6.45, 7) is 10.6. The summed E-state index contributed by atoms with van der Waals surface area (Å²) in [5.41, 5.74) is 0.341. The largest absolute Gasteiger partial charge is 0.493 e. The number of nitrogens with zero attached hydrogens (tertiary/aromatic N) is 2. The fourth-order valence-corrected chi connectivity index (χ4v) is 5.32. The van der Waals surface area contributed by atoms with E-state index >= 15 is 0 Å². The van der Waals surface area contributed by atoms with Gasteiger partial charge < -0.3 is 19.5 Å². The summed E-state index contributed by atoms with van der Waals surface area (Å²) in [6.07, 6.45) is -0.265. The highest BCUT2D eigenvalue weighted by atomic mass is 19.4. The lowest BCUT2D eigenvalue weighted by Crippen LogP contribution is -2.52. The number of aliphatic hydroxyl groups is 2. The van der Waals surface area contributed by atoms with Gasteiger partial charge >= 0.3 is 6.18 Å². The van der Waals surface area contributed by atoms with E-state index in [1.165, 1.54) is 10.8 Å². The van der Waals surface area contributed by atoms with Crippen LogP contribution in [0.15, 0.2) is 48.9 Å². The Morgan fingerprint density at radius 2 is 1.84 bits per heavy atom. The maximum absolute atomic E-state index is 14.5. The van der Waals surface area contributed by atoms with Crippen LogP contribution in [0.5, 0.6) is 5.75 Å². The van der Waals surface area contributed by atoms with Gasteiger partial charge in [0.2, 0.25) is 0 Å². The molecule has 0 amide bonds. The van der Waals surface area contributed by atoms with Crippen molar-refractivity contribution in [2.75, 3.05) is 6.61 Å². The number of fused-ring (bicyclic) bond motifs is 1. The molecule has 0 bridgehead atoms. The van der Waals surface area contributed by atoms with Crippen LogP contribution in [-0.4, -0.2) is 38.1 Å². The molecule has 1 aliphatic heterocycles. The zero-order chi connectivity index (χ0) is 28.3. The number of pyridine rings is 1. The Morgan fingerprint density at radius 1 is 1.13 bits per heavy atom. The smallest absolute Gasteiger partial charge is 0.418 e. The molecular weight excluding hydrogens is 493 g/mol. The fraction of sp³-hybridized carbons (Fsp3) is 0.500. The molecule has 2 N–H and O–H groups in total. The third-order valence-corrected chi connectivity index (χ3v) is 7.10. The second-order valence-corrected chi connectivity index (χ2v) is 10.3. The molecule has 2 unspecified atom stereocenters. The number of aromatic nitrogens is 2. The lowest BCUT2D eigenvalue weighted by atomic mass is 9.73. The first-order valence-corrected chi connectivity index (χ1v) is 13.2. The molecule has 3 aromatic rings. The van der Waals surface area contributed by atoms with Crippen molar-refractivity contribution < 1.29 is 28.1 Å². The number of aliphatic hydroxyl groups excluding tert-OH is 1. The standard InChI is InChI=1S/C28H33F3N2O3.C2H6/c1-5-24-22(18(2)34)8-11-33(24)17-27(35,28(29,30)31)16-26(3,4)23-14-21(20-7-6-10-32-15-20)13-19-9-12-36-25(19)23;1-2/h6-8,10-11,13-15,18,34-35H,5,9,12,16-17H2,1-4H3;1-2H3. The Hall–Kier alpha value is -2.84. The van der Waals surface area contributed by atoms with Crippen LogP contribution in [0.3, 0.4) is 0 Å². The van der Waals surface area contributed by atoms with E-state index < -0.39 is 36.3 Å². The molecule has 1 aromatic carbocycles. The quantitative estimate of drug-likeness (QED) is 0.335. The number of halogens is 3. The van der Waals surface area contributed by atoms with E-state index in [4.69, 9.17) is 4.74 Å². The van der Waals surface area contributed by atoms with Gasteiger partial charge in [-0.1, -0.05) is 40.7 Å². The number of benzene rings is 1. The van der Waals surface area contributed by atoms with E-state index in [-0.39, 0.29) is 0 Å². The molecule has 1 aliphatic rings. The Kier molecular flexibility index (Phi) is 8.99. The van der Waals surface area contributed by atoms with E-state index in [1.807, 2.05) is 45.0 Å². The zero-order valence-corrected chi connectivity index (χ0v) is 23.1. The number of hydrogen-bond donors (Lipinski definition) is 2. The Morgan fingerprint density at radius 3 is 2.42 bits per heavy atom. The number of ether oxygens (including phenoxy) is 1. The molecule has 208 valence electrons. The first-order valence-electron chi connectivity index (χ1n) is 13.2. The minimum absolute atomic E-state index is 0.430. The van der Waals surface area contributed by atoms with Gasteiger partial charge in [-0.25, -0.2) is 0 Å². The van der Waals surface area contributed by atoms with Crippen LogP contribution >= 0.6 is 0 Å². The number of alkyl halides is 3. The van der Waals surface area contributed by atoms with Gasteiger partial charge in [-0.3, -0.25) is 4.98 Å². The van der Waals surface area contributed by atoms with Crippen molar-refractivity contribution in [3.63, 3.8) is 0 Å². The molecule has 2 aromatic heterocycles. The first kappa shape index (κ1) is 29.7. The van der Waals surface area contributed by atoms with Gasteiger partial charge in [0.1, 0.15) is 5.75 Å². The average molecular weight is 533 g/mol. The zero-order valence-electron chi connectivity index (χ0n) is 23.1. The third kappa shape index (κ3) is 5.91. The maximum Gasteiger partial charge on any atom is 0.418 e. The third-order valence-electron chi connectivity index (χ3n) is 7.10. The maximum atomic E-state index is 14.5. The number of hydrogen-bond acceptors (Lipinski definition) is 4. The SMILES string of the molecule is CC.CCc1c(C(C)O)ccn1CC(O)(CC(C)(C)c1cc(-c2cccnc2)cc2c1OCC2)C(F)(F)F. The normalized spacial score (nSPS) is 15.7. The number of rotatable bonds is 8. The summed E-state index contributed by atoms with van der Waals surface area (Å²) in [7, 11) is 0. The van der Waals surface area contributed by atoms with Crippen molar-refractivity contribution in [2.45, 2.75) is 90.6 Å². The Balaban J connectivity index is 0.00000195. The van der Waals surface area contributed by atoms with Gasteiger partial charge in [-0.05, 0) is 60.6 Å². The predicted molar refractivity (Wildman–Crippen MR) is 143 cm³/mol. The molecule has 4 rings (SSSR count). The van der Waals surface area contributed by atoms with Gasteiger partial charge in [0.25, 0.3) is 0 Å². The van der Waals surface area contributed by atoms with E-state index in [2.05, 4.69) is 4.98 Å². The summed E-state index contributed by atoms with van der Waals surface area (Å²) >= 11 is 0. The second kappa shape index (κ2) is 11.5. The second-order valence-electron chi connectivity index (χ2n) is 10.3. The summed E-state index contributed by atoms with van der Waals surface area (Å²) in [5.74, 6) is 0.601. The van der Waals surface area contributed by atoms with Gasteiger partial charge in [-0.15, -0.1) is 0 Å². The molecule has 0 aliphatic carbocycles. The monoisotopic (exact) mass is 532 g/mol. The highest BCUT2D eigenvalue weighted by Crippen LogP contribution is 2.47. The van der Waals surface area contributed by atoms with Gasteiger partial charge in [0.05, 0.1) is 19.3 Å². The molecule has 0 radical (unpaired) electrons. The van der Waals surface area contributed by atoms with Crippen molar-refractivity contribution in [3.8, 4) is 16.9 Å².